The number of carbonyl (C=O) groups excluding carboxylic acids is 1. The van der Waals surface area contributed by atoms with Gasteiger partial charge in [0.1, 0.15) is 0 Å². The molecule has 3 nitrogen and oxygen atoms in total. The maximum absolute atomic E-state index is 13.5. The zero-order valence-corrected chi connectivity index (χ0v) is 16.6. The number of ketones is 1. The average Bonchev–Trinajstić information content (AvgIpc) is 3.06. The number of benzene rings is 2. The van der Waals surface area contributed by atoms with E-state index in [1.165, 1.54) is 5.56 Å². The highest BCUT2D eigenvalue weighted by atomic mass is 16.1. The summed E-state index contributed by atoms with van der Waals surface area (Å²) >= 11 is 0. The van der Waals surface area contributed by atoms with Crippen molar-refractivity contribution in [3.63, 3.8) is 0 Å². The molecule has 1 aliphatic carbocycles. The smallest absolute Gasteiger partial charge is 0.195 e. The Morgan fingerprint density at radius 1 is 1.00 bits per heavy atom. The van der Waals surface area contributed by atoms with Crippen LogP contribution in [-0.4, -0.2) is 15.8 Å². The Bertz CT molecular complexity index is 1260. The molecule has 0 amide bonds. The molecule has 28 heavy (non-hydrogen) atoms. The molecular weight excluding hydrogens is 344 g/mol. The number of aromatic amines is 1. The summed E-state index contributed by atoms with van der Waals surface area (Å²) in [6, 6.07) is 14.5. The molecule has 0 unspecified atom stereocenters. The third-order valence-corrected chi connectivity index (χ3v) is 6.06. The molecule has 138 valence electrons. The highest BCUT2D eigenvalue weighted by Crippen LogP contribution is 2.45. The van der Waals surface area contributed by atoms with Gasteiger partial charge >= 0.3 is 0 Å². The van der Waals surface area contributed by atoms with Crippen molar-refractivity contribution in [3.05, 3.63) is 88.4 Å². The van der Waals surface area contributed by atoms with Gasteiger partial charge < -0.3 is 4.98 Å². The van der Waals surface area contributed by atoms with Crippen molar-refractivity contribution >= 4 is 16.7 Å². The number of nitrogens with zero attached hydrogens (tertiary/aromatic N) is 1. The van der Waals surface area contributed by atoms with E-state index in [1.54, 1.807) is 6.20 Å². The van der Waals surface area contributed by atoms with Gasteiger partial charge in [-0.25, -0.2) is 0 Å². The van der Waals surface area contributed by atoms with Gasteiger partial charge in [0, 0.05) is 45.5 Å². The molecule has 2 heterocycles. The maximum Gasteiger partial charge on any atom is 0.195 e. The molecule has 0 aliphatic heterocycles. The van der Waals surface area contributed by atoms with Crippen LogP contribution in [0.1, 0.15) is 52.2 Å². The molecular formula is C25H22N2O. The van der Waals surface area contributed by atoms with E-state index in [1.807, 2.05) is 12.3 Å². The van der Waals surface area contributed by atoms with E-state index in [0.29, 0.717) is 0 Å². The molecule has 2 aromatic heterocycles. The summed E-state index contributed by atoms with van der Waals surface area (Å²) in [7, 11) is 0. The van der Waals surface area contributed by atoms with Gasteiger partial charge in [0.15, 0.2) is 5.78 Å². The molecule has 5 rings (SSSR count). The minimum absolute atomic E-state index is 0.111. The van der Waals surface area contributed by atoms with Crippen LogP contribution in [0.4, 0.5) is 0 Å². The summed E-state index contributed by atoms with van der Waals surface area (Å²) in [6.07, 6.45) is 3.66. The summed E-state index contributed by atoms with van der Waals surface area (Å²) < 4.78 is 0. The van der Waals surface area contributed by atoms with Gasteiger partial charge in [-0.2, -0.15) is 0 Å². The van der Waals surface area contributed by atoms with Gasteiger partial charge in [-0.05, 0) is 60.4 Å². The lowest BCUT2D eigenvalue weighted by molar-refractivity contribution is 0.103. The molecule has 0 spiro atoms. The highest BCUT2D eigenvalue weighted by molar-refractivity contribution is 6.20. The lowest BCUT2D eigenvalue weighted by atomic mass is 9.70. The minimum Gasteiger partial charge on any atom is -0.357 e. The summed E-state index contributed by atoms with van der Waals surface area (Å²) in [5, 5.41) is 1.01. The number of H-pyrrole nitrogens is 1. The van der Waals surface area contributed by atoms with Crippen molar-refractivity contribution in [1.29, 1.82) is 0 Å². The molecule has 0 saturated heterocycles. The van der Waals surface area contributed by atoms with E-state index in [-0.39, 0.29) is 11.2 Å². The Balaban J connectivity index is 1.80. The molecule has 0 atom stereocenters. The second-order valence-electron chi connectivity index (χ2n) is 8.33. The zero-order chi connectivity index (χ0) is 19.6. The van der Waals surface area contributed by atoms with E-state index in [9.17, 15) is 4.79 Å². The number of fused-ring (bicyclic) bond motifs is 4. The molecule has 0 bridgehead atoms. The molecule has 3 heteroatoms. The largest absolute Gasteiger partial charge is 0.357 e. The maximum atomic E-state index is 13.5. The normalized spacial score (nSPS) is 14.8. The quantitative estimate of drug-likeness (QED) is 0.468. The number of pyridine rings is 1. The van der Waals surface area contributed by atoms with Crippen molar-refractivity contribution in [1.82, 2.24) is 9.97 Å². The Labute approximate surface area is 164 Å². The first-order valence-electron chi connectivity index (χ1n) is 9.61. The van der Waals surface area contributed by atoms with Gasteiger partial charge in [-0.1, -0.05) is 32.0 Å². The number of nitrogens with one attached hydrogen (secondary N) is 1. The SMILES string of the molecule is Cc1ccc2c3c([nH]c2c1)C(C)(C)c1cc(-c2cccnc2)c(C)cc1C3=O. The first kappa shape index (κ1) is 16.9. The van der Waals surface area contributed by atoms with Crippen LogP contribution in [-0.2, 0) is 5.41 Å². The molecule has 0 fully saturated rings. The van der Waals surface area contributed by atoms with Crippen LogP contribution >= 0.6 is 0 Å². The fourth-order valence-electron chi connectivity index (χ4n) is 4.53. The Morgan fingerprint density at radius 3 is 2.57 bits per heavy atom. The lowest BCUT2D eigenvalue weighted by Gasteiger charge is -2.33. The van der Waals surface area contributed by atoms with E-state index >= 15 is 0 Å². The van der Waals surface area contributed by atoms with Gasteiger partial charge in [0.2, 0.25) is 0 Å². The van der Waals surface area contributed by atoms with Crippen molar-refractivity contribution in [2.24, 2.45) is 0 Å². The lowest BCUT2D eigenvalue weighted by Crippen LogP contribution is -2.30. The summed E-state index contributed by atoms with van der Waals surface area (Å²) in [4.78, 5) is 21.3. The Morgan fingerprint density at radius 2 is 1.82 bits per heavy atom. The predicted molar refractivity (Wildman–Crippen MR) is 113 cm³/mol. The first-order chi connectivity index (χ1) is 13.4. The standard InChI is InChI=1S/C25H22N2O/c1-14-7-8-17-21(10-14)27-24-22(17)23(28)19-11-15(2)18(12-20(19)25(24,3)4)16-6-5-9-26-13-16/h5-13,27H,1-4H3. The van der Waals surface area contributed by atoms with Crippen LogP contribution in [0.2, 0.25) is 0 Å². The minimum atomic E-state index is -0.295. The molecule has 2 aromatic carbocycles. The van der Waals surface area contributed by atoms with E-state index in [2.05, 4.69) is 74.1 Å². The number of aryl methyl sites for hydroxylation is 2. The van der Waals surface area contributed by atoms with Crippen LogP contribution in [0.5, 0.6) is 0 Å². The monoisotopic (exact) mass is 366 g/mol. The summed E-state index contributed by atoms with van der Waals surface area (Å²) in [6.45, 7) is 8.53. The summed E-state index contributed by atoms with van der Waals surface area (Å²) in [5.41, 5.74) is 8.92. The second-order valence-corrected chi connectivity index (χ2v) is 8.33. The van der Waals surface area contributed by atoms with Crippen molar-refractivity contribution in [3.8, 4) is 11.1 Å². The van der Waals surface area contributed by atoms with Crippen LogP contribution in [0.3, 0.4) is 0 Å². The molecule has 0 saturated carbocycles. The van der Waals surface area contributed by atoms with Gasteiger partial charge in [-0.15, -0.1) is 0 Å². The number of hydrogen-bond acceptors (Lipinski definition) is 2. The van der Waals surface area contributed by atoms with E-state index < -0.39 is 0 Å². The number of carbonyl (C=O) groups is 1. The van der Waals surface area contributed by atoms with Crippen molar-refractivity contribution in [2.45, 2.75) is 33.1 Å². The van der Waals surface area contributed by atoms with Crippen molar-refractivity contribution < 1.29 is 4.79 Å². The summed E-state index contributed by atoms with van der Waals surface area (Å²) in [5.74, 6) is 0.111. The van der Waals surface area contributed by atoms with Crippen LogP contribution in [0, 0.1) is 13.8 Å². The fourth-order valence-corrected chi connectivity index (χ4v) is 4.53. The number of hydrogen-bond donors (Lipinski definition) is 1. The fraction of sp³-hybridized carbons (Fsp3) is 0.200. The molecule has 1 N–H and O–H groups in total. The van der Waals surface area contributed by atoms with Gasteiger partial charge in [-0.3, -0.25) is 9.78 Å². The Hall–Kier alpha value is -3.20. The topological polar surface area (TPSA) is 45.8 Å². The third-order valence-electron chi connectivity index (χ3n) is 6.06. The number of rotatable bonds is 1. The highest BCUT2D eigenvalue weighted by Gasteiger charge is 2.40. The van der Waals surface area contributed by atoms with Crippen LogP contribution in [0.25, 0.3) is 22.0 Å². The third kappa shape index (κ3) is 2.22. The van der Waals surface area contributed by atoms with Crippen LogP contribution in [0.15, 0.2) is 54.9 Å². The van der Waals surface area contributed by atoms with Crippen LogP contribution < -0.4 is 0 Å². The number of aromatic nitrogens is 2. The van der Waals surface area contributed by atoms with E-state index in [4.69, 9.17) is 0 Å². The Kier molecular flexibility index (Phi) is 3.42. The molecule has 0 radical (unpaired) electrons. The predicted octanol–water partition coefficient (Wildman–Crippen LogP) is 5.72. The zero-order valence-electron chi connectivity index (χ0n) is 16.6. The van der Waals surface area contributed by atoms with Gasteiger partial charge in [0.25, 0.3) is 0 Å². The van der Waals surface area contributed by atoms with E-state index in [0.717, 1.165) is 50.0 Å². The first-order valence-corrected chi connectivity index (χ1v) is 9.61. The van der Waals surface area contributed by atoms with Crippen molar-refractivity contribution in [2.75, 3.05) is 0 Å². The van der Waals surface area contributed by atoms with Gasteiger partial charge in [0.05, 0.1) is 5.56 Å². The molecule has 1 aliphatic rings. The molecule has 4 aromatic rings. The second kappa shape index (κ2) is 5.65. The average molecular weight is 366 g/mol.